The number of aryl methyl sites for hydroxylation is 1. The lowest BCUT2D eigenvalue weighted by molar-refractivity contribution is -0.124. The molecule has 2 aliphatic rings. The Hall–Kier alpha value is -0.580. The van der Waals surface area contributed by atoms with Gasteiger partial charge in [-0.1, -0.05) is 11.6 Å². The Kier molecular flexibility index (Phi) is 3.59. The van der Waals surface area contributed by atoms with Crippen LogP contribution in [0.2, 0.25) is 4.34 Å². The molecular weight excluding hydrogens is 268 g/mol. The van der Waals surface area contributed by atoms with Crippen LogP contribution < -0.4 is 10.6 Å². The molecule has 2 atom stereocenters. The van der Waals surface area contributed by atoms with E-state index in [0.717, 1.165) is 36.6 Å². The summed E-state index contributed by atoms with van der Waals surface area (Å²) < 4.78 is 0.863. The molecule has 0 spiro atoms. The lowest BCUT2D eigenvalue weighted by Gasteiger charge is -2.30. The molecule has 0 radical (unpaired) electrons. The summed E-state index contributed by atoms with van der Waals surface area (Å²) in [5.41, 5.74) is 1.31. The maximum Gasteiger partial charge on any atom is 0.237 e. The standard InChI is InChI=1S/C13H17ClN2OS/c14-12-7-8-9(3-1-5-11(8)18-12)16-10-4-2-6-15-13(10)17/h7,9-10,16H,1-6H2,(H,15,17). The topological polar surface area (TPSA) is 41.1 Å². The molecule has 1 fully saturated rings. The third-order valence-electron chi connectivity index (χ3n) is 3.77. The van der Waals surface area contributed by atoms with E-state index in [2.05, 4.69) is 16.7 Å². The van der Waals surface area contributed by atoms with Crippen LogP contribution in [0.1, 0.15) is 42.2 Å². The van der Waals surface area contributed by atoms with Gasteiger partial charge in [0.2, 0.25) is 5.91 Å². The van der Waals surface area contributed by atoms with Crippen LogP contribution in [0, 0.1) is 0 Å². The van der Waals surface area contributed by atoms with E-state index in [0.29, 0.717) is 6.04 Å². The Morgan fingerprint density at radius 3 is 3.00 bits per heavy atom. The highest BCUT2D eigenvalue weighted by Gasteiger charge is 2.28. The molecule has 18 heavy (non-hydrogen) atoms. The molecule has 2 N–H and O–H groups in total. The first-order chi connectivity index (χ1) is 8.74. The van der Waals surface area contributed by atoms with Crippen molar-refractivity contribution >= 4 is 28.8 Å². The molecule has 2 heterocycles. The van der Waals surface area contributed by atoms with Crippen molar-refractivity contribution in [3.8, 4) is 0 Å². The van der Waals surface area contributed by atoms with E-state index in [1.54, 1.807) is 11.3 Å². The summed E-state index contributed by atoms with van der Waals surface area (Å²) in [4.78, 5) is 13.2. The molecule has 1 aromatic rings. The number of carbonyl (C=O) groups excluding carboxylic acids is 1. The van der Waals surface area contributed by atoms with Gasteiger partial charge < -0.3 is 5.32 Å². The van der Waals surface area contributed by atoms with E-state index in [4.69, 9.17) is 11.6 Å². The summed E-state index contributed by atoms with van der Waals surface area (Å²) in [5.74, 6) is 0.148. The summed E-state index contributed by atoms with van der Waals surface area (Å²) in [6.07, 6.45) is 5.41. The Morgan fingerprint density at radius 2 is 2.17 bits per heavy atom. The van der Waals surface area contributed by atoms with E-state index < -0.39 is 0 Å². The van der Waals surface area contributed by atoms with Gasteiger partial charge in [0.15, 0.2) is 0 Å². The van der Waals surface area contributed by atoms with E-state index >= 15 is 0 Å². The number of hydrogen-bond donors (Lipinski definition) is 2. The third-order valence-corrected chi connectivity index (χ3v) is 5.11. The zero-order valence-corrected chi connectivity index (χ0v) is 11.7. The Morgan fingerprint density at radius 1 is 1.33 bits per heavy atom. The molecule has 5 heteroatoms. The van der Waals surface area contributed by atoms with Gasteiger partial charge in [-0.3, -0.25) is 10.1 Å². The smallest absolute Gasteiger partial charge is 0.237 e. The fourth-order valence-corrected chi connectivity index (χ4v) is 4.25. The fraction of sp³-hybridized carbons (Fsp3) is 0.615. The number of nitrogens with one attached hydrogen (secondary N) is 2. The van der Waals surface area contributed by atoms with Gasteiger partial charge in [0.05, 0.1) is 10.4 Å². The van der Waals surface area contributed by atoms with Crippen molar-refractivity contribution in [2.75, 3.05) is 6.54 Å². The van der Waals surface area contributed by atoms with Gasteiger partial charge in [-0.05, 0) is 43.7 Å². The van der Waals surface area contributed by atoms with Crippen LogP contribution in [0.25, 0.3) is 0 Å². The second kappa shape index (κ2) is 5.19. The summed E-state index contributed by atoms with van der Waals surface area (Å²) in [7, 11) is 0. The number of thiophene rings is 1. The molecule has 1 saturated heterocycles. The van der Waals surface area contributed by atoms with Crippen molar-refractivity contribution in [2.24, 2.45) is 0 Å². The minimum absolute atomic E-state index is 0.0339. The summed E-state index contributed by atoms with van der Waals surface area (Å²) in [6, 6.07) is 2.33. The first-order valence-electron chi connectivity index (χ1n) is 6.56. The van der Waals surface area contributed by atoms with Gasteiger partial charge >= 0.3 is 0 Å². The molecule has 1 aliphatic carbocycles. The van der Waals surface area contributed by atoms with Gasteiger partial charge in [0.25, 0.3) is 0 Å². The Balaban J connectivity index is 1.75. The minimum atomic E-state index is -0.0339. The molecule has 2 unspecified atom stereocenters. The van der Waals surface area contributed by atoms with Gasteiger partial charge in [-0.2, -0.15) is 0 Å². The quantitative estimate of drug-likeness (QED) is 0.877. The van der Waals surface area contributed by atoms with Crippen LogP contribution in [-0.4, -0.2) is 18.5 Å². The van der Waals surface area contributed by atoms with Crippen LogP contribution >= 0.6 is 22.9 Å². The molecule has 1 aliphatic heterocycles. The Bertz CT molecular complexity index is 460. The normalized spacial score (nSPS) is 27.7. The molecule has 1 aromatic heterocycles. The van der Waals surface area contributed by atoms with Crippen molar-refractivity contribution < 1.29 is 4.79 Å². The number of piperidine rings is 1. The van der Waals surface area contributed by atoms with Crippen LogP contribution in [-0.2, 0) is 11.2 Å². The summed E-state index contributed by atoms with van der Waals surface area (Å²) in [5, 5.41) is 6.44. The number of carbonyl (C=O) groups is 1. The highest BCUT2D eigenvalue weighted by atomic mass is 35.5. The van der Waals surface area contributed by atoms with Gasteiger partial charge in [0.1, 0.15) is 0 Å². The largest absolute Gasteiger partial charge is 0.355 e. The van der Waals surface area contributed by atoms with Gasteiger partial charge in [0, 0.05) is 17.5 Å². The van der Waals surface area contributed by atoms with E-state index in [9.17, 15) is 4.79 Å². The molecule has 3 rings (SSSR count). The predicted octanol–water partition coefficient (Wildman–Crippen LogP) is 2.65. The van der Waals surface area contributed by atoms with E-state index in [-0.39, 0.29) is 11.9 Å². The number of hydrogen-bond acceptors (Lipinski definition) is 3. The fourth-order valence-electron chi connectivity index (χ4n) is 2.87. The molecule has 0 saturated carbocycles. The molecule has 3 nitrogen and oxygen atoms in total. The number of fused-ring (bicyclic) bond motifs is 1. The Labute approximate surface area is 116 Å². The lowest BCUT2D eigenvalue weighted by atomic mass is 9.92. The average Bonchev–Trinajstić information content (AvgIpc) is 2.73. The van der Waals surface area contributed by atoms with Crippen LogP contribution in [0.5, 0.6) is 0 Å². The van der Waals surface area contributed by atoms with Crippen LogP contribution in [0.15, 0.2) is 6.07 Å². The van der Waals surface area contributed by atoms with Crippen molar-refractivity contribution in [2.45, 2.75) is 44.2 Å². The number of amides is 1. The molecular formula is C13H17ClN2OS. The maximum absolute atomic E-state index is 11.8. The predicted molar refractivity (Wildman–Crippen MR) is 74.2 cm³/mol. The zero-order valence-electron chi connectivity index (χ0n) is 10.2. The second-order valence-corrected chi connectivity index (χ2v) is 6.79. The third kappa shape index (κ3) is 2.42. The van der Waals surface area contributed by atoms with Crippen molar-refractivity contribution in [3.05, 3.63) is 20.8 Å². The number of halogens is 1. The highest BCUT2D eigenvalue weighted by molar-refractivity contribution is 7.16. The first-order valence-corrected chi connectivity index (χ1v) is 7.75. The number of rotatable bonds is 2. The van der Waals surface area contributed by atoms with Gasteiger partial charge in [-0.25, -0.2) is 0 Å². The highest BCUT2D eigenvalue weighted by Crippen LogP contribution is 2.38. The second-order valence-electron chi connectivity index (χ2n) is 5.03. The molecule has 0 aromatic carbocycles. The average molecular weight is 285 g/mol. The van der Waals surface area contributed by atoms with Crippen molar-refractivity contribution in [1.29, 1.82) is 0 Å². The minimum Gasteiger partial charge on any atom is -0.355 e. The monoisotopic (exact) mass is 284 g/mol. The van der Waals surface area contributed by atoms with Crippen LogP contribution in [0.3, 0.4) is 0 Å². The first kappa shape index (κ1) is 12.5. The SMILES string of the molecule is O=C1NCCCC1NC1CCCc2sc(Cl)cc21. The zero-order chi connectivity index (χ0) is 12.5. The maximum atomic E-state index is 11.8. The lowest BCUT2D eigenvalue weighted by Crippen LogP contribution is -2.49. The van der Waals surface area contributed by atoms with E-state index in [1.807, 2.05) is 0 Å². The van der Waals surface area contributed by atoms with Crippen molar-refractivity contribution in [1.82, 2.24) is 10.6 Å². The summed E-state index contributed by atoms with van der Waals surface area (Å²) in [6.45, 7) is 0.817. The van der Waals surface area contributed by atoms with Crippen molar-refractivity contribution in [3.63, 3.8) is 0 Å². The molecule has 0 bridgehead atoms. The molecule has 1 amide bonds. The summed E-state index contributed by atoms with van der Waals surface area (Å²) >= 11 is 7.78. The van der Waals surface area contributed by atoms with Crippen LogP contribution in [0.4, 0.5) is 0 Å². The van der Waals surface area contributed by atoms with E-state index in [1.165, 1.54) is 16.9 Å². The van der Waals surface area contributed by atoms with Gasteiger partial charge in [-0.15, -0.1) is 11.3 Å². The molecule has 98 valence electrons.